The standard InChI is InChI=1S/C22H22N4O2S/c1-14-20-16(22(27)23-11-10-15-7-4-5-8-18(15)28-3)13-17(19-9-6-12-29-19)24-21(20)26(2)25-14/h4-9,12-13H,10-11H2,1-3H3,(H,23,27). The van der Waals surface area contributed by atoms with Crippen LogP contribution >= 0.6 is 11.3 Å². The monoisotopic (exact) mass is 406 g/mol. The lowest BCUT2D eigenvalue weighted by atomic mass is 10.1. The van der Waals surface area contributed by atoms with Crippen LogP contribution in [0.25, 0.3) is 21.6 Å². The predicted octanol–water partition coefficient (Wildman–Crippen LogP) is 3.99. The number of pyridine rings is 1. The number of ether oxygens (including phenoxy) is 1. The Morgan fingerprint density at radius 2 is 2.07 bits per heavy atom. The summed E-state index contributed by atoms with van der Waals surface area (Å²) in [7, 11) is 3.51. The average Bonchev–Trinajstić information content (AvgIpc) is 3.36. The van der Waals surface area contributed by atoms with Crippen LogP contribution in [0.2, 0.25) is 0 Å². The number of nitrogens with zero attached hydrogens (tertiary/aromatic N) is 3. The molecule has 0 unspecified atom stereocenters. The van der Waals surface area contributed by atoms with Gasteiger partial charge in [0.1, 0.15) is 5.75 Å². The molecule has 6 nitrogen and oxygen atoms in total. The first-order valence-electron chi connectivity index (χ1n) is 9.37. The topological polar surface area (TPSA) is 69.0 Å². The number of methoxy groups -OCH3 is 1. The number of hydrogen-bond donors (Lipinski definition) is 1. The maximum atomic E-state index is 13.1. The first kappa shape index (κ1) is 19.1. The first-order valence-corrected chi connectivity index (χ1v) is 10.2. The maximum absolute atomic E-state index is 13.1. The lowest BCUT2D eigenvalue weighted by molar-refractivity contribution is 0.0955. The van der Waals surface area contributed by atoms with Crippen molar-refractivity contribution in [2.24, 2.45) is 7.05 Å². The van der Waals surface area contributed by atoms with Crippen LogP contribution in [0, 0.1) is 6.92 Å². The molecule has 1 amide bonds. The molecular weight excluding hydrogens is 384 g/mol. The van der Waals surface area contributed by atoms with Crippen molar-refractivity contribution in [3.05, 3.63) is 64.7 Å². The van der Waals surface area contributed by atoms with E-state index < -0.39 is 0 Å². The lowest BCUT2D eigenvalue weighted by Crippen LogP contribution is -2.26. The van der Waals surface area contributed by atoms with Crippen LogP contribution in [0.3, 0.4) is 0 Å². The van der Waals surface area contributed by atoms with Crippen molar-refractivity contribution in [3.63, 3.8) is 0 Å². The average molecular weight is 407 g/mol. The molecule has 1 aromatic carbocycles. The summed E-state index contributed by atoms with van der Waals surface area (Å²) in [5.41, 5.74) is 3.95. The van der Waals surface area contributed by atoms with Crippen molar-refractivity contribution in [1.29, 1.82) is 0 Å². The summed E-state index contributed by atoms with van der Waals surface area (Å²) in [6.07, 6.45) is 0.688. The Morgan fingerprint density at radius 3 is 2.83 bits per heavy atom. The zero-order chi connectivity index (χ0) is 20.4. The summed E-state index contributed by atoms with van der Waals surface area (Å²) in [6.45, 7) is 2.41. The second-order valence-corrected chi connectivity index (χ2v) is 7.71. The molecule has 0 saturated carbocycles. The van der Waals surface area contributed by atoms with Crippen LogP contribution < -0.4 is 10.1 Å². The largest absolute Gasteiger partial charge is 0.496 e. The Bertz CT molecular complexity index is 1170. The number of amides is 1. The second-order valence-electron chi connectivity index (χ2n) is 6.76. The van der Waals surface area contributed by atoms with Gasteiger partial charge < -0.3 is 10.1 Å². The molecular formula is C22H22N4O2S. The van der Waals surface area contributed by atoms with Gasteiger partial charge in [-0.25, -0.2) is 4.98 Å². The molecule has 3 aromatic heterocycles. The van der Waals surface area contributed by atoms with Crippen LogP contribution in [0.4, 0.5) is 0 Å². The van der Waals surface area contributed by atoms with Crippen molar-refractivity contribution in [3.8, 4) is 16.3 Å². The lowest BCUT2D eigenvalue weighted by Gasteiger charge is -2.10. The van der Waals surface area contributed by atoms with Gasteiger partial charge in [0.15, 0.2) is 5.65 Å². The van der Waals surface area contributed by atoms with Crippen molar-refractivity contribution in [2.45, 2.75) is 13.3 Å². The van der Waals surface area contributed by atoms with Gasteiger partial charge in [0.2, 0.25) is 0 Å². The number of nitrogens with one attached hydrogen (secondary N) is 1. The number of fused-ring (bicyclic) bond motifs is 1. The van der Waals surface area contributed by atoms with Gasteiger partial charge in [-0.3, -0.25) is 9.48 Å². The van der Waals surface area contributed by atoms with E-state index in [1.165, 1.54) is 0 Å². The molecule has 148 valence electrons. The molecule has 0 bridgehead atoms. The number of carbonyl (C=O) groups excluding carboxylic acids is 1. The summed E-state index contributed by atoms with van der Waals surface area (Å²) in [5.74, 6) is 0.706. The Hall–Kier alpha value is -3.19. The number of aryl methyl sites for hydroxylation is 2. The highest BCUT2D eigenvalue weighted by Gasteiger charge is 2.19. The number of aromatic nitrogens is 3. The number of benzene rings is 1. The number of hydrogen-bond acceptors (Lipinski definition) is 5. The molecule has 3 heterocycles. The summed E-state index contributed by atoms with van der Waals surface area (Å²) in [6, 6.07) is 13.7. The molecule has 0 saturated heterocycles. The molecule has 0 aliphatic heterocycles. The third-order valence-corrected chi connectivity index (χ3v) is 5.75. The Balaban J connectivity index is 1.63. The van der Waals surface area contributed by atoms with Gasteiger partial charge in [-0.1, -0.05) is 24.3 Å². The van der Waals surface area contributed by atoms with Crippen molar-refractivity contribution in [2.75, 3.05) is 13.7 Å². The smallest absolute Gasteiger partial charge is 0.252 e. The normalized spacial score (nSPS) is 11.0. The Labute approximate surface area is 173 Å². The molecule has 1 N–H and O–H groups in total. The third kappa shape index (κ3) is 3.73. The van der Waals surface area contributed by atoms with E-state index in [4.69, 9.17) is 9.72 Å². The third-order valence-electron chi connectivity index (χ3n) is 4.86. The first-order chi connectivity index (χ1) is 14.1. The van der Waals surface area contributed by atoms with Crippen molar-refractivity contribution < 1.29 is 9.53 Å². The highest BCUT2D eigenvalue weighted by molar-refractivity contribution is 7.13. The molecule has 4 aromatic rings. The van der Waals surface area contributed by atoms with Gasteiger partial charge in [-0.05, 0) is 42.5 Å². The fourth-order valence-electron chi connectivity index (χ4n) is 3.49. The van der Waals surface area contributed by atoms with Crippen molar-refractivity contribution >= 4 is 28.3 Å². The molecule has 29 heavy (non-hydrogen) atoms. The SMILES string of the molecule is COc1ccccc1CCNC(=O)c1cc(-c2cccs2)nc2c1c(C)nn2C. The number of para-hydroxylation sites is 1. The van der Waals surface area contributed by atoms with Crippen LogP contribution in [0.15, 0.2) is 47.8 Å². The fourth-order valence-corrected chi connectivity index (χ4v) is 4.18. The van der Waals surface area contributed by atoms with E-state index in [-0.39, 0.29) is 5.91 Å². The minimum atomic E-state index is -0.124. The summed E-state index contributed by atoms with van der Waals surface area (Å²) in [4.78, 5) is 18.9. The number of thiophene rings is 1. The van der Waals surface area contributed by atoms with E-state index in [2.05, 4.69) is 10.4 Å². The van der Waals surface area contributed by atoms with Crippen LogP contribution in [0.1, 0.15) is 21.6 Å². The summed E-state index contributed by atoms with van der Waals surface area (Å²) in [5, 5.41) is 10.3. The summed E-state index contributed by atoms with van der Waals surface area (Å²) >= 11 is 1.60. The van der Waals surface area contributed by atoms with E-state index in [9.17, 15) is 4.79 Å². The van der Waals surface area contributed by atoms with E-state index >= 15 is 0 Å². The van der Waals surface area contributed by atoms with E-state index in [1.807, 2.05) is 61.8 Å². The van der Waals surface area contributed by atoms with Crippen LogP contribution in [0.5, 0.6) is 5.75 Å². The molecule has 0 atom stereocenters. The highest BCUT2D eigenvalue weighted by Crippen LogP contribution is 2.29. The van der Waals surface area contributed by atoms with E-state index in [0.717, 1.165) is 33.0 Å². The minimum absolute atomic E-state index is 0.124. The molecule has 7 heteroatoms. The quantitative estimate of drug-likeness (QED) is 0.526. The number of carbonyl (C=O) groups is 1. The Kier molecular flexibility index (Phi) is 5.31. The second kappa shape index (κ2) is 8.05. The zero-order valence-electron chi connectivity index (χ0n) is 16.6. The van der Waals surface area contributed by atoms with Gasteiger partial charge in [0.05, 0.1) is 34.3 Å². The van der Waals surface area contributed by atoms with Crippen molar-refractivity contribution in [1.82, 2.24) is 20.1 Å². The van der Waals surface area contributed by atoms with Gasteiger partial charge in [-0.2, -0.15) is 5.10 Å². The molecule has 4 rings (SSSR count). The summed E-state index contributed by atoms with van der Waals surface area (Å²) < 4.78 is 7.12. The molecule has 0 aliphatic carbocycles. The minimum Gasteiger partial charge on any atom is -0.496 e. The molecule has 0 radical (unpaired) electrons. The van der Waals surface area contributed by atoms with E-state index in [1.54, 1.807) is 23.1 Å². The van der Waals surface area contributed by atoms with Crippen LogP contribution in [-0.4, -0.2) is 34.3 Å². The van der Waals surface area contributed by atoms with Gasteiger partial charge in [0.25, 0.3) is 5.91 Å². The molecule has 0 aliphatic rings. The fraction of sp³-hybridized carbons (Fsp3) is 0.227. The van der Waals surface area contributed by atoms with Crippen LogP contribution in [-0.2, 0) is 13.5 Å². The molecule has 0 fully saturated rings. The van der Waals surface area contributed by atoms with Gasteiger partial charge in [0, 0.05) is 13.6 Å². The van der Waals surface area contributed by atoms with E-state index in [0.29, 0.717) is 24.2 Å². The highest BCUT2D eigenvalue weighted by atomic mass is 32.1. The maximum Gasteiger partial charge on any atom is 0.252 e. The zero-order valence-corrected chi connectivity index (χ0v) is 17.4. The van der Waals surface area contributed by atoms with Gasteiger partial charge >= 0.3 is 0 Å². The predicted molar refractivity (Wildman–Crippen MR) is 116 cm³/mol. The van der Waals surface area contributed by atoms with Gasteiger partial charge in [-0.15, -0.1) is 11.3 Å². The Morgan fingerprint density at radius 1 is 1.24 bits per heavy atom. The number of rotatable bonds is 6. The molecule has 0 spiro atoms.